The van der Waals surface area contributed by atoms with E-state index in [-0.39, 0.29) is 65.2 Å². The van der Waals surface area contributed by atoms with E-state index in [9.17, 15) is 23.1 Å². The number of benzene rings is 2. The van der Waals surface area contributed by atoms with Gasteiger partial charge in [-0.2, -0.15) is 0 Å². The van der Waals surface area contributed by atoms with Gasteiger partial charge in [-0.25, -0.2) is 8.42 Å². The number of fused-ring (bicyclic) bond motifs is 1. The van der Waals surface area contributed by atoms with Gasteiger partial charge in [0.1, 0.15) is 5.75 Å². The first kappa shape index (κ1) is 35.7. The van der Waals surface area contributed by atoms with E-state index >= 15 is 0 Å². The van der Waals surface area contributed by atoms with Crippen molar-refractivity contribution in [1.29, 1.82) is 0 Å². The SMILES string of the molecule is C[C@@H]1CN([C@@H](C)CO)C(=O)c2cc(NS(=O)(=O)c3ccccc3)ccc2O[C@@H](C)CCCCO[C@H]1CN(C)C(=O)C1CCCCC1. The molecule has 2 N–H and O–H groups in total. The summed E-state index contributed by atoms with van der Waals surface area (Å²) in [4.78, 5) is 31.1. The third-order valence-electron chi connectivity index (χ3n) is 9.14. The van der Waals surface area contributed by atoms with Crippen molar-refractivity contribution in [1.82, 2.24) is 9.80 Å². The lowest BCUT2D eigenvalue weighted by atomic mass is 9.88. The van der Waals surface area contributed by atoms with E-state index < -0.39 is 16.1 Å². The van der Waals surface area contributed by atoms with Gasteiger partial charge in [-0.3, -0.25) is 14.3 Å². The molecule has 1 heterocycles. The molecule has 4 rings (SSSR count). The second-order valence-corrected chi connectivity index (χ2v) is 14.7. The number of ether oxygens (including phenoxy) is 2. The summed E-state index contributed by atoms with van der Waals surface area (Å²) in [6.45, 7) is 6.64. The first-order valence-electron chi connectivity index (χ1n) is 16.7. The number of hydrogen-bond acceptors (Lipinski definition) is 7. The Hall–Kier alpha value is -3.15. The van der Waals surface area contributed by atoms with E-state index in [0.29, 0.717) is 18.9 Å². The molecule has 1 aliphatic heterocycles. The van der Waals surface area contributed by atoms with E-state index in [1.807, 2.05) is 20.9 Å². The Balaban J connectivity index is 1.63. The second-order valence-electron chi connectivity index (χ2n) is 13.0. The van der Waals surface area contributed by atoms with Gasteiger partial charge in [-0.15, -0.1) is 0 Å². The molecular formula is C35H51N3O7S. The van der Waals surface area contributed by atoms with Crippen LogP contribution in [0.1, 0.15) is 82.5 Å². The van der Waals surface area contributed by atoms with Crippen molar-refractivity contribution in [3.8, 4) is 5.75 Å². The standard InChI is InChI=1S/C35H51N3O7S/c1-25-22-38(26(2)24-39)35(41)31-21-29(36-46(42,43)30-16-9-6-10-17-30)18-19-32(31)45-27(3)13-11-12-20-44-33(25)23-37(4)34(40)28-14-7-5-8-15-28/h6,9-10,16-19,21,25-28,33,36,39H,5,7-8,11-15,20,22-24H2,1-4H3/t25-,26+,27+,33+/m1/s1. The fourth-order valence-corrected chi connectivity index (χ4v) is 7.35. The number of nitrogens with zero attached hydrogens (tertiary/aromatic N) is 2. The van der Waals surface area contributed by atoms with Crippen LogP contribution in [0.25, 0.3) is 0 Å². The Bertz CT molecular complexity index is 1400. The van der Waals surface area contributed by atoms with Gasteiger partial charge < -0.3 is 24.4 Å². The highest BCUT2D eigenvalue weighted by molar-refractivity contribution is 7.92. The number of hydrogen-bond donors (Lipinski definition) is 2. The van der Waals surface area contributed by atoms with Crippen LogP contribution in [0.2, 0.25) is 0 Å². The van der Waals surface area contributed by atoms with Crippen molar-refractivity contribution in [2.75, 3.05) is 38.1 Å². The third-order valence-corrected chi connectivity index (χ3v) is 10.5. The van der Waals surface area contributed by atoms with Crippen LogP contribution in [0.4, 0.5) is 5.69 Å². The minimum atomic E-state index is -3.90. The van der Waals surface area contributed by atoms with Crippen LogP contribution in [-0.2, 0) is 19.6 Å². The maximum atomic E-state index is 14.3. The lowest BCUT2D eigenvalue weighted by Crippen LogP contribution is -2.48. The number of anilines is 1. The predicted molar refractivity (Wildman–Crippen MR) is 178 cm³/mol. The zero-order chi connectivity index (χ0) is 33.3. The summed E-state index contributed by atoms with van der Waals surface area (Å²) in [5.41, 5.74) is 0.425. The number of carbonyl (C=O) groups excluding carboxylic acids is 2. The zero-order valence-corrected chi connectivity index (χ0v) is 28.5. The molecule has 0 unspecified atom stereocenters. The average Bonchev–Trinajstić information content (AvgIpc) is 3.06. The molecule has 0 aromatic heterocycles. The molecule has 4 atom stereocenters. The van der Waals surface area contributed by atoms with Gasteiger partial charge in [-0.05, 0) is 76.3 Å². The van der Waals surface area contributed by atoms with Crippen molar-refractivity contribution >= 4 is 27.5 Å². The highest BCUT2D eigenvalue weighted by Gasteiger charge is 2.32. The van der Waals surface area contributed by atoms with Crippen molar-refractivity contribution in [2.45, 2.75) is 95.3 Å². The summed E-state index contributed by atoms with van der Waals surface area (Å²) in [7, 11) is -2.06. The molecule has 254 valence electrons. The molecule has 11 heteroatoms. The molecule has 0 spiro atoms. The second kappa shape index (κ2) is 16.6. The normalized spacial score (nSPS) is 23.0. The number of sulfonamides is 1. The molecule has 1 saturated carbocycles. The van der Waals surface area contributed by atoms with Crippen LogP contribution < -0.4 is 9.46 Å². The Morgan fingerprint density at radius 1 is 1.04 bits per heavy atom. The summed E-state index contributed by atoms with van der Waals surface area (Å²) >= 11 is 0. The first-order chi connectivity index (χ1) is 22.0. The molecule has 0 radical (unpaired) electrons. The Morgan fingerprint density at radius 3 is 2.43 bits per heavy atom. The number of aliphatic hydroxyl groups is 1. The maximum absolute atomic E-state index is 14.3. The highest BCUT2D eigenvalue weighted by atomic mass is 32.2. The number of likely N-dealkylation sites (N-methyl/N-ethyl adjacent to an activating group) is 1. The summed E-state index contributed by atoms with van der Waals surface area (Å²) in [5, 5.41) is 10.2. The van der Waals surface area contributed by atoms with Crippen LogP contribution in [0.3, 0.4) is 0 Å². The van der Waals surface area contributed by atoms with Gasteiger partial charge in [0.2, 0.25) is 5.91 Å². The van der Waals surface area contributed by atoms with Gasteiger partial charge in [0.05, 0.1) is 35.3 Å². The topological polar surface area (TPSA) is 125 Å². The van der Waals surface area contributed by atoms with E-state index in [2.05, 4.69) is 4.72 Å². The van der Waals surface area contributed by atoms with Gasteiger partial charge in [0.15, 0.2) is 0 Å². The Labute approximate surface area is 274 Å². The molecule has 1 aliphatic carbocycles. The molecule has 1 fully saturated rings. The van der Waals surface area contributed by atoms with E-state index in [1.54, 1.807) is 47.1 Å². The molecule has 2 aromatic carbocycles. The van der Waals surface area contributed by atoms with E-state index in [1.165, 1.54) is 24.6 Å². The van der Waals surface area contributed by atoms with E-state index in [0.717, 1.165) is 44.9 Å². The van der Waals surface area contributed by atoms with Crippen molar-refractivity contribution in [3.63, 3.8) is 0 Å². The molecule has 0 saturated heterocycles. The molecule has 0 bridgehead atoms. The largest absolute Gasteiger partial charge is 0.490 e. The fourth-order valence-electron chi connectivity index (χ4n) is 6.28. The predicted octanol–water partition coefficient (Wildman–Crippen LogP) is 5.32. The van der Waals surface area contributed by atoms with Gasteiger partial charge in [0.25, 0.3) is 15.9 Å². The van der Waals surface area contributed by atoms with Crippen LogP contribution in [0, 0.1) is 11.8 Å². The van der Waals surface area contributed by atoms with Gasteiger partial charge in [-0.1, -0.05) is 44.4 Å². The summed E-state index contributed by atoms with van der Waals surface area (Å²) in [6.07, 6.45) is 7.05. The van der Waals surface area contributed by atoms with Crippen LogP contribution in [-0.4, -0.2) is 86.7 Å². The van der Waals surface area contributed by atoms with Crippen molar-refractivity contribution in [3.05, 3.63) is 54.1 Å². The quantitative estimate of drug-likeness (QED) is 0.394. The first-order valence-corrected chi connectivity index (χ1v) is 18.2. The average molecular weight is 658 g/mol. The summed E-state index contributed by atoms with van der Waals surface area (Å²) in [6, 6.07) is 12.2. The van der Waals surface area contributed by atoms with Gasteiger partial charge >= 0.3 is 0 Å². The molecule has 2 amide bonds. The van der Waals surface area contributed by atoms with E-state index in [4.69, 9.17) is 9.47 Å². The number of aliphatic hydroxyl groups excluding tert-OH is 1. The molecule has 2 aromatic rings. The number of carbonyl (C=O) groups is 2. The van der Waals surface area contributed by atoms with Crippen LogP contribution in [0.5, 0.6) is 5.75 Å². The number of amides is 2. The lowest BCUT2D eigenvalue weighted by molar-refractivity contribution is -0.137. The molecule has 10 nitrogen and oxygen atoms in total. The number of rotatable bonds is 8. The zero-order valence-electron chi connectivity index (χ0n) is 27.7. The Morgan fingerprint density at radius 2 is 1.74 bits per heavy atom. The highest BCUT2D eigenvalue weighted by Crippen LogP contribution is 2.30. The van der Waals surface area contributed by atoms with Crippen LogP contribution in [0.15, 0.2) is 53.4 Å². The minimum Gasteiger partial charge on any atom is -0.490 e. The maximum Gasteiger partial charge on any atom is 0.261 e. The van der Waals surface area contributed by atoms with Gasteiger partial charge in [0, 0.05) is 44.3 Å². The number of nitrogens with one attached hydrogen (secondary N) is 1. The summed E-state index contributed by atoms with van der Waals surface area (Å²) < 4.78 is 41.5. The summed E-state index contributed by atoms with van der Waals surface area (Å²) in [5.74, 6) is -0.0153. The van der Waals surface area contributed by atoms with Crippen LogP contribution >= 0.6 is 0 Å². The molecule has 2 aliphatic rings. The monoisotopic (exact) mass is 657 g/mol. The Kier molecular flexibility index (Phi) is 12.9. The smallest absolute Gasteiger partial charge is 0.261 e. The molecule has 46 heavy (non-hydrogen) atoms. The van der Waals surface area contributed by atoms with Crippen molar-refractivity contribution < 1.29 is 32.6 Å². The third kappa shape index (κ3) is 9.45. The molecular weight excluding hydrogens is 606 g/mol. The minimum absolute atomic E-state index is 0.0477. The lowest BCUT2D eigenvalue weighted by Gasteiger charge is -2.36. The fraction of sp³-hybridized carbons (Fsp3) is 0.600. The van der Waals surface area contributed by atoms with Crippen molar-refractivity contribution in [2.24, 2.45) is 11.8 Å².